The maximum atomic E-state index is 13.0. The lowest BCUT2D eigenvalue weighted by Crippen LogP contribution is -2.25. The lowest BCUT2D eigenvalue weighted by atomic mass is 10.1. The molecule has 0 aliphatic rings. The Morgan fingerprint density at radius 3 is 2.62 bits per heavy atom. The van der Waals surface area contributed by atoms with Crippen molar-refractivity contribution in [2.24, 2.45) is 0 Å². The van der Waals surface area contributed by atoms with Gasteiger partial charge in [-0.25, -0.2) is 0 Å². The second-order valence-electron chi connectivity index (χ2n) is 7.25. The topological polar surface area (TPSA) is 43.3 Å². The minimum Gasteiger partial charge on any atom is -0.497 e. The SMILES string of the molecule is COc1cccc(Cn2c(C(=O)NCc3cccc(C)c3)cc3sc(C)cc32)c1. The molecule has 1 N–H and O–H groups in total. The molecule has 2 aromatic carbocycles. The molecule has 0 aliphatic carbocycles. The molecule has 4 rings (SSSR count). The van der Waals surface area contributed by atoms with Gasteiger partial charge in [0.25, 0.3) is 5.91 Å². The molecular formula is C24H24N2O2S. The summed E-state index contributed by atoms with van der Waals surface area (Å²) in [4.78, 5) is 14.3. The van der Waals surface area contributed by atoms with Crippen molar-refractivity contribution in [3.05, 3.63) is 87.9 Å². The largest absolute Gasteiger partial charge is 0.497 e. The molecule has 2 aromatic heterocycles. The molecular weight excluding hydrogens is 380 g/mol. The van der Waals surface area contributed by atoms with Crippen LogP contribution in [0.15, 0.2) is 60.7 Å². The molecule has 0 saturated heterocycles. The fraction of sp³-hybridized carbons (Fsp3) is 0.208. The average Bonchev–Trinajstić information content (AvgIpc) is 3.23. The van der Waals surface area contributed by atoms with E-state index in [0.717, 1.165) is 27.1 Å². The van der Waals surface area contributed by atoms with Crippen molar-refractivity contribution in [3.63, 3.8) is 0 Å². The van der Waals surface area contributed by atoms with E-state index in [9.17, 15) is 4.79 Å². The van der Waals surface area contributed by atoms with Gasteiger partial charge in [0, 0.05) is 18.0 Å². The minimum atomic E-state index is -0.0598. The Bertz CT molecular complexity index is 1170. The van der Waals surface area contributed by atoms with Gasteiger partial charge in [-0.05, 0) is 49.2 Å². The van der Waals surface area contributed by atoms with Gasteiger partial charge in [-0.1, -0.05) is 42.0 Å². The molecule has 148 valence electrons. The fourth-order valence-electron chi connectivity index (χ4n) is 3.57. The highest BCUT2D eigenvalue weighted by molar-refractivity contribution is 7.19. The van der Waals surface area contributed by atoms with E-state index in [4.69, 9.17) is 4.74 Å². The van der Waals surface area contributed by atoms with Crippen molar-refractivity contribution in [1.29, 1.82) is 0 Å². The van der Waals surface area contributed by atoms with Gasteiger partial charge in [0.1, 0.15) is 11.4 Å². The summed E-state index contributed by atoms with van der Waals surface area (Å²) in [5.41, 5.74) is 5.16. The first kappa shape index (κ1) is 19.3. The van der Waals surface area contributed by atoms with E-state index in [-0.39, 0.29) is 5.91 Å². The number of hydrogen-bond donors (Lipinski definition) is 1. The maximum absolute atomic E-state index is 13.0. The third-order valence-electron chi connectivity index (χ3n) is 4.96. The zero-order valence-electron chi connectivity index (χ0n) is 16.9. The smallest absolute Gasteiger partial charge is 0.268 e. The highest BCUT2D eigenvalue weighted by atomic mass is 32.1. The molecule has 0 unspecified atom stereocenters. The number of nitrogens with zero attached hydrogens (tertiary/aromatic N) is 1. The number of amides is 1. The number of aromatic nitrogens is 1. The van der Waals surface area contributed by atoms with Crippen LogP contribution in [0.4, 0.5) is 0 Å². The van der Waals surface area contributed by atoms with Gasteiger partial charge >= 0.3 is 0 Å². The van der Waals surface area contributed by atoms with Crippen LogP contribution in [0.3, 0.4) is 0 Å². The number of thiophene rings is 1. The number of rotatable bonds is 6. The van der Waals surface area contributed by atoms with Crippen LogP contribution < -0.4 is 10.1 Å². The van der Waals surface area contributed by atoms with Crippen molar-refractivity contribution >= 4 is 27.5 Å². The molecule has 0 spiro atoms. The maximum Gasteiger partial charge on any atom is 0.268 e. The molecule has 29 heavy (non-hydrogen) atoms. The second kappa shape index (κ2) is 8.13. The van der Waals surface area contributed by atoms with Crippen LogP contribution >= 0.6 is 11.3 Å². The van der Waals surface area contributed by atoms with Crippen molar-refractivity contribution in [2.75, 3.05) is 7.11 Å². The lowest BCUT2D eigenvalue weighted by molar-refractivity contribution is 0.0942. The summed E-state index contributed by atoms with van der Waals surface area (Å²) in [5.74, 6) is 0.758. The number of carbonyl (C=O) groups excluding carboxylic acids is 1. The predicted octanol–water partition coefficient (Wildman–Crippen LogP) is 5.31. The first-order valence-corrected chi connectivity index (χ1v) is 10.4. The number of hydrogen-bond acceptors (Lipinski definition) is 3. The number of ether oxygens (including phenoxy) is 1. The van der Waals surface area contributed by atoms with E-state index in [1.807, 2.05) is 36.4 Å². The van der Waals surface area contributed by atoms with Crippen LogP contribution in [0.5, 0.6) is 5.75 Å². The molecule has 5 heteroatoms. The molecule has 0 saturated carbocycles. The van der Waals surface area contributed by atoms with E-state index >= 15 is 0 Å². The Hall–Kier alpha value is -3.05. The van der Waals surface area contributed by atoms with Crippen molar-refractivity contribution in [2.45, 2.75) is 26.9 Å². The fourth-order valence-corrected chi connectivity index (χ4v) is 4.53. The van der Waals surface area contributed by atoms with Crippen LogP contribution in [0.1, 0.15) is 32.1 Å². The van der Waals surface area contributed by atoms with Crippen LogP contribution in [-0.4, -0.2) is 17.6 Å². The molecule has 0 fully saturated rings. The quantitative estimate of drug-likeness (QED) is 0.473. The second-order valence-corrected chi connectivity index (χ2v) is 8.53. The zero-order valence-corrected chi connectivity index (χ0v) is 17.7. The van der Waals surface area contributed by atoms with E-state index in [1.54, 1.807) is 18.4 Å². The minimum absolute atomic E-state index is 0.0598. The van der Waals surface area contributed by atoms with Crippen molar-refractivity contribution in [3.8, 4) is 5.75 Å². The van der Waals surface area contributed by atoms with Gasteiger partial charge in [-0.3, -0.25) is 4.79 Å². The summed E-state index contributed by atoms with van der Waals surface area (Å²) in [6.07, 6.45) is 0. The normalized spacial score (nSPS) is 11.0. The third-order valence-corrected chi connectivity index (χ3v) is 5.94. The molecule has 4 nitrogen and oxygen atoms in total. The number of fused-ring (bicyclic) bond motifs is 1. The summed E-state index contributed by atoms with van der Waals surface area (Å²) >= 11 is 1.71. The standard InChI is InChI=1S/C24H24N2O2S/c1-16-6-4-7-18(10-16)14-25-24(27)22-13-23-21(11-17(2)29-23)26(22)15-19-8-5-9-20(12-19)28-3/h4-13H,14-15H2,1-3H3,(H,25,27). The van der Waals surface area contributed by atoms with Gasteiger partial charge in [0.2, 0.25) is 0 Å². The summed E-state index contributed by atoms with van der Waals surface area (Å²) in [6.45, 7) is 5.28. The summed E-state index contributed by atoms with van der Waals surface area (Å²) in [7, 11) is 1.67. The molecule has 0 bridgehead atoms. The molecule has 2 heterocycles. The Morgan fingerprint density at radius 1 is 1.03 bits per heavy atom. The zero-order chi connectivity index (χ0) is 20.4. The molecule has 1 amide bonds. The average molecular weight is 405 g/mol. The number of nitrogens with one attached hydrogen (secondary N) is 1. The van der Waals surface area contributed by atoms with E-state index in [0.29, 0.717) is 18.8 Å². The highest BCUT2D eigenvalue weighted by Crippen LogP contribution is 2.30. The Balaban J connectivity index is 1.63. The van der Waals surface area contributed by atoms with E-state index in [2.05, 4.69) is 48.0 Å². The third kappa shape index (κ3) is 4.20. The monoisotopic (exact) mass is 404 g/mol. The highest BCUT2D eigenvalue weighted by Gasteiger charge is 2.17. The molecule has 0 aliphatic heterocycles. The van der Waals surface area contributed by atoms with Gasteiger partial charge < -0.3 is 14.6 Å². The van der Waals surface area contributed by atoms with Gasteiger partial charge in [0.05, 0.1) is 17.3 Å². The predicted molar refractivity (Wildman–Crippen MR) is 119 cm³/mol. The van der Waals surface area contributed by atoms with Gasteiger partial charge in [0.15, 0.2) is 0 Å². The van der Waals surface area contributed by atoms with Crippen molar-refractivity contribution < 1.29 is 9.53 Å². The molecule has 0 atom stereocenters. The number of methoxy groups -OCH3 is 1. The number of carbonyl (C=O) groups is 1. The van der Waals surface area contributed by atoms with E-state index in [1.165, 1.54) is 10.4 Å². The first-order valence-electron chi connectivity index (χ1n) is 9.60. The Kier molecular flexibility index (Phi) is 5.41. The Morgan fingerprint density at radius 2 is 1.83 bits per heavy atom. The molecule has 4 aromatic rings. The Labute approximate surface area is 174 Å². The number of benzene rings is 2. The van der Waals surface area contributed by atoms with Gasteiger partial charge in [-0.2, -0.15) is 0 Å². The van der Waals surface area contributed by atoms with Crippen LogP contribution in [0.25, 0.3) is 10.2 Å². The number of aryl methyl sites for hydroxylation is 2. The summed E-state index contributed by atoms with van der Waals surface area (Å²) < 4.78 is 8.58. The molecule has 0 radical (unpaired) electrons. The first-order chi connectivity index (χ1) is 14.0. The lowest BCUT2D eigenvalue weighted by Gasteiger charge is -2.12. The summed E-state index contributed by atoms with van der Waals surface area (Å²) in [5, 5.41) is 3.08. The van der Waals surface area contributed by atoms with Crippen LogP contribution in [0.2, 0.25) is 0 Å². The van der Waals surface area contributed by atoms with Crippen molar-refractivity contribution in [1.82, 2.24) is 9.88 Å². The summed E-state index contributed by atoms with van der Waals surface area (Å²) in [6, 6.07) is 20.3. The van der Waals surface area contributed by atoms with Crippen LogP contribution in [0, 0.1) is 13.8 Å². The van der Waals surface area contributed by atoms with E-state index < -0.39 is 0 Å². The van der Waals surface area contributed by atoms with Gasteiger partial charge in [-0.15, -0.1) is 11.3 Å². The van der Waals surface area contributed by atoms with Crippen LogP contribution in [-0.2, 0) is 13.1 Å².